The van der Waals surface area contributed by atoms with Crippen molar-refractivity contribution in [2.75, 3.05) is 18.6 Å². The largest absolute Gasteiger partial charge is 0.463 e. The number of carbonyl (C=O) groups is 2. The first kappa shape index (κ1) is 17.7. The minimum Gasteiger partial charge on any atom is -0.463 e. The van der Waals surface area contributed by atoms with E-state index in [1.165, 1.54) is 10.5 Å². The number of aromatic amines is 2. The molecule has 3 aromatic rings. The number of aryl methyl sites for hydroxylation is 1. The topological polar surface area (TPSA) is 107 Å². The molecule has 2 aliphatic heterocycles. The molecule has 5 rings (SSSR count). The Morgan fingerprint density at radius 2 is 2.03 bits per heavy atom. The van der Waals surface area contributed by atoms with Crippen LogP contribution >= 0.6 is 0 Å². The van der Waals surface area contributed by atoms with Gasteiger partial charge in [-0.15, -0.1) is 0 Å². The fourth-order valence-corrected chi connectivity index (χ4v) is 4.09. The molecule has 2 aliphatic rings. The van der Waals surface area contributed by atoms with Crippen molar-refractivity contribution in [1.29, 1.82) is 0 Å². The molecule has 1 aromatic carbocycles. The molecule has 9 heteroatoms. The van der Waals surface area contributed by atoms with Crippen LogP contribution in [-0.4, -0.2) is 51.0 Å². The molecule has 0 spiro atoms. The number of aromatic nitrogens is 4. The van der Waals surface area contributed by atoms with Gasteiger partial charge in [0, 0.05) is 19.2 Å². The number of hydrogen-bond donors (Lipinski definition) is 2. The maximum atomic E-state index is 12.6. The summed E-state index contributed by atoms with van der Waals surface area (Å²) in [4.78, 5) is 36.6. The van der Waals surface area contributed by atoms with Crippen molar-refractivity contribution in [3.8, 4) is 6.01 Å². The lowest BCUT2D eigenvalue weighted by Gasteiger charge is -2.21. The Kier molecular flexibility index (Phi) is 4.22. The fraction of sp³-hybridized carbons (Fsp3) is 0.400. The number of carbonyl (C=O) groups excluding carboxylic acids is 2. The Balaban J connectivity index is 1.60. The molecule has 2 amide bonds. The van der Waals surface area contributed by atoms with Crippen LogP contribution < -0.4 is 9.64 Å². The lowest BCUT2D eigenvalue weighted by atomic mass is 9.95. The molecule has 0 aliphatic carbocycles. The van der Waals surface area contributed by atoms with E-state index >= 15 is 0 Å². The van der Waals surface area contributed by atoms with Crippen LogP contribution in [0.25, 0.3) is 11.2 Å². The average Bonchev–Trinajstić information content (AvgIpc) is 2.98. The minimum atomic E-state index is 0.0366. The Bertz CT molecular complexity index is 1100. The van der Waals surface area contributed by atoms with E-state index in [0.29, 0.717) is 36.7 Å². The molecule has 150 valence electrons. The summed E-state index contributed by atoms with van der Waals surface area (Å²) >= 11 is 0. The Morgan fingerprint density at radius 1 is 1.14 bits per heavy atom. The molecular formula is C20H22N6O3. The summed E-state index contributed by atoms with van der Waals surface area (Å²) in [6.07, 6.45) is 4.57. The summed E-state index contributed by atoms with van der Waals surface area (Å²) in [5.41, 5.74) is 5.23. The van der Waals surface area contributed by atoms with Gasteiger partial charge in [0.05, 0.1) is 13.2 Å². The van der Waals surface area contributed by atoms with Gasteiger partial charge in [-0.25, -0.2) is 0 Å². The molecule has 0 saturated heterocycles. The first-order valence-electron chi connectivity index (χ1n) is 9.83. The molecule has 4 bridgehead atoms. The highest BCUT2D eigenvalue weighted by molar-refractivity contribution is 5.99. The van der Waals surface area contributed by atoms with Crippen molar-refractivity contribution >= 4 is 29.3 Å². The molecular weight excluding hydrogens is 372 g/mol. The van der Waals surface area contributed by atoms with E-state index < -0.39 is 0 Å². The van der Waals surface area contributed by atoms with Crippen molar-refractivity contribution in [2.24, 2.45) is 0 Å². The number of nitrogens with one attached hydrogen (secondary N) is 2. The number of amides is 2. The number of nitrogens with zero attached hydrogens (tertiary/aromatic N) is 4. The minimum absolute atomic E-state index is 0.0366. The van der Waals surface area contributed by atoms with Crippen molar-refractivity contribution in [2.45, 2.75) is 38.8 Å². The second-order valence-corrected chi connectivity index (χ2v) is 7.64. The number of benzene rings is 1. The van der Waals surface area contributed by atoms with Gasteiger partial charge in [0.2, 0.25) is 6.41 Å². The maximum Gasteiger partial charge on any atom is 0.320 e. The van der Waals surface area contributed by atoms with E-state index in [1.54, 1.807) is 4.90 Å². The first-order chi connectivity index (χ1) is 14.1. The monoisotopic (exact) mass is 394 g/mol. The van der Waals surface area contributed by atoms with Crippen LogP contribution in [0.1, 0.15) is 46.3 Å². The van der Waals surface area contributed by atoms with Gasteiger partial charge in [-0.05, 0) is 48.4 Å². The van der Waals surface area contributed by atoms with Gasteiger partial charge in [-0.3, -0.25) is 24.7 Å². The highest BCUT2D eigenvalue weighted by Crippen LogP contribution is 2.30. The highest BCUT2D eigenvalue weighted by atomic mass is 16.5. The molecule has 0 fully saturated rings. The number of rotatable bonds is 1. The highest BCUT2D eigenvalue weighted by Gasteiger charge is 2.28. The Morgan fingerprint density at radius 3 is 2.83 bits per heavy atom. The number of ether oxygens (including phenoxy) is 1. The zero-order valence-electron chi connectivity index (χ0n) is 16.2. The van der Waals surface area contributed by atoms with Crippen LogP contribution in [0.3, 0.4) is 0 Å². The van der Waals surface area contributed by atoms with Crippen molar-refractivity contribution in [1.82, 2.24) is 25.1 Å². The molecule has 2 N–H and O–H groups in total. The fourth-order valence-electron chi connectivity index (χ4n) is 4.09. The summed E-state index contributed by atoms with van der Waals surface area (Å²) in [7, 11) is 1.82. The lowest BCUT2D eigenvalue weighted by molar-refractivity contribution is -0.107. The van der Waals surface area contributed by atoms with Crippen LogP contribution in [0.2, 0.25) is 0 Å². The Labute approximate surface area is 167 Å². The second-order valence-electron chi connectivity index (χ2n) is 7.64. The predicted molar refractivity (Wildman–Crippen MR) is 106 cm³/mol. The summed E-state index contributed by atoms with van der Waals surface area (Å²) < 4.78 is 5.72. The zero-order valence-corrected chi connectivity index (χ0v) is 16.2. The van der Waals surface area contributed by atoms with Crippen LogP contribution in [0, 0.1) is 0 Å². The molecule has 29 heavy (non-hydrogen) atoms. The summed E-state index contributed by atoms with van der Waals surface area (Å²) in [5.74, 6) is 0.496. The first-order valence-corrected chi connectivity index (χ1v) is 9.83. The number of fused-ring (bicyclic) bond motifs is 8. The van der Waals surface area contributed by atoms with Crippen LogP contribution in [-0.2, 0) is 24.3 Å². The average molecular weight is 394 g/mol. The SMILES string of the molecule is CN1Cc2c3cc(cc2C1=O)CN(C=O)c1nc(nc2[nH][nH]c12)OCCCCC3. The third kappa shape index (κ3) is 3.02. The van der Waals surface area contributed by atoms with E-state index in [1.807, 2.05) is 13.1 Å². The van der Waals surface area contributed by atoms with E-state index in [2.05, 4.69) is 26.2 Å². The van der Waals surface area contributed by atoms with Gasteiger partial charge in [0.25, 0.3) is 5.91 Å². The summed E-state index contributed by atoms with van der Waals surface area (Å²) in [6.45, 7) is 1.47. The van der Waals surface area contributed by atoms with Gasteiger partial charge < -0.3 is 9.64 Å². The number of H-pyrrole nitrogens is 2. The molecule has 0 saturated carbocycles. The molecule has 0 unspecified atom stereocenters. The molecule has 0 atom stereocenters. The van der Waals surface area contributed by atoms with Crippen LogP contribution in [0.4, 0.5) is 5.82 Å². The van der Waals surface area contributed by atoms with E-state index in [-0.39, 0.29) is 11.9 Å². The number of anilines is 1. The van der Waals surface area contributed by atoms with Crippen molar-refractivity contribution in [3.63, 3.8) is 0 Å². The van der Waals surface area contributed by atoms with Crippen LogP contribution in [0.5, 0.6) is 6.01 Å². The normalized spacial score (nSPS) is 17.2. The smallest absolute Gasteiger partial charge is 0.320 e. The molecule has 4 heterocycles. The quantitative estimate of drug-likeness (QED) is 0.615. The maximum absolute atomic E-state index is 12.6. The zero-order chi connectivity index (χ0) is 20.0. The van der Waals surface area contributed by atoms with Gasteiger partial charge >= 0.3 is 6.01 Å². The second kappa shape index (κ2) is 6.91. The van der Waals surface area contributed by atoms with Gasteiger partial charge in [0.15, 0.2) is 11.5 Å². The molecule has 0 radical (unpaired) electrons. The van der Waals surface area contributed by atoms with Gasteiger partial charge in [-0.2, -0.15) is 9.97 Å². The third-order valence-corrected chi connectivity index (χ3v) is 5.62. The van der Waals surface area contributed by atoms with Gasteiger partial charge in [0.1, 0.15) is 5.52 Å². The van der Waals surface area contributed by atoms with Crippen molar-refractivity contribution in [3.05, 3.63) is 34.4 Å². The van der Waals surface area contributed by atoms with Crippen molar-refractivity contribution < 1.29 is 14.3 Å². The van der Waals surface area contributed by atoms with E-state index in [4.69, 9.17) is 4.74 Å². The van der Waals surface area contributed by atoms with E-state index in [0.717, 1.165) is 48.8 Å². The molecule has 2 aromatic heterocycles. The summed E-state index contributed by atoms with van der Waals surface area (Å²) in [6, 6.07) is 4.29. The third-order valence-electron chi connectivity index (χ3n) is 5.62. The molecule has 9 nitrogen and oxygen atoms in total. The van der Waals surface area contributed by atoms with Crippen LogP contribution in [0.15, 0.2) is 12.1 Å². The predicted octanol–water partition coefficient (Wildman–Crippen LogP) is 2.14. The van der Waals surface area contributed by atoms with E-state index in [9.17, 15) is 9.59 Å². The number of hydrogen-bond acceptors (Lipinski definition) is 5. The standard InChI is InChI=1S/C20H22N6O3/c1-25-10-15-13-5-3-2-4-6-29-20-21-17-16(23-24-17)18(22-20)26(11-27)9-12(7-13)8-14(15)19(25)28/h7-8,11,23H,2-6,9-10H2,1H3,(H,21,22,24). The Hall–Kier alpha value is -3.36. The van der Waals surface area contributed by atoms with Gasteiger partial charge in [-0.1, -0.05) is 6.07 Å². The lowest BCUT2D eigenvalue weighted by Crippen LogP contribution is -2.24. The summed E-state index contributed by atoms with van der Waals surface area (Å²) in [5, 5.41) is 5.83.